The highest BCUT2D eigenvalue weighted by Gasteiger charge is 2.11. The molecule has 0 saturated heterocycles. The first-order valence-corrected chi connectivity index (χ1v) is 8.09. The number of hydrogen-bond acceptors (Lipinski definition) is 5. The quantitative estimate of drug-likeness (QED) is 0.677. The van der Waals surface area contributed by atoms with Crippen LogP contribution in [0.25, 0.3) is 10.8 Å². The van der Waals surface area contributed by atoms with Crippen molar-refractivity contribution in [3.05, 3.63) is 74.8 Å². The molecule has 26 heavy (non-hydrogen) atoms. The number of ether oxygens (including phenoxy) is 2. The number of nitrogens with one attached hydrogen (secondary N) is 1. The lowest BCUT2D eigenvalue weighted by molar-refractivity contribution is -0.144. The summed E-state index contributed by atoms with van der Waals surface area (Å²) in [7, 11) is 1.59. The molecule has 0 aliphatic carbocycles. The lowest BCUT2D eigenvalue weighted by Gasteiger charge is -2.08. The Morgan fingerprint density at radius 3 is 2.42 bits per heavy atom. The number of carbonyl (C=O) groups is 1. The molecule has 1 N–H and O–H groups in total. The van der Waals surface area contributed by atoms with Crippen LogP contribution in [0.1, 0.15) is 5.56 Å². The predicted molar refractivity (Wildman–Crippen MR) is 96.5 cm³/mol. The number of esters is 1. The first-order valence-electron chi connectivity index (χ1n) is 8.09. The summed E-state index contributed by atoms with van der Waals surface area (Å²) in [4.78, 5) is 36.3. The summed E-state index contributed by atoms with van der Waals surface area (Å²) in [6.45, 7) is -0.167. The molecule has 0 radical (unpaired) electrons. The van der Waals surface area contributed by atoms with Crippen LogP contribution in [0.3, 0.4) is 0 Å². The average Bonchev–Trinajstić information content (AvgIpc) is 2.66. The van der Waals surface area contributed by atoms with E-state index < -0.39 is 17.1 Å². The van der Waals surface area contributed by atoms with Gasteiger partial charge in [0.25, 0.3) is 11.1 Å². The molecule has 0 aliphatic heterocycles. The van der Waals surface area contributed by atoms with E-state index in [9.17, 15) is 14.4 Å². The van der Waals surface area contributed by atoms with Crippen molar-refractivity contribution in [3.63, 3.8) is 0 Å². The number of nitrogens with zero attached hydrogens (tertiary/aromatic N) is 1. The van der Waals surface area contributed by atoms with Gasteiger partial charge < -0.3 is 9.47 Å². The van der Waals surface area contributed by atoms with Gasteiger partial charge >= 0.3 is 5.97 Å². The highest BCUT2D eigenvalue weighted by Crippen LogP contribution is 2.11. The first-order chi connectivity index (χ1) is 12.6. The second-order valence-electron chi connectivity index (χ2n) is 5.70. The number of methoxy groups -OCH3 is 1. The molecular weight excluding hydrogens is 336 g/mol. The molecule has 0 spiro atoms. The molecular formula is C19H18N2O5. The Balaban J connectivity index is 1.63. The topological polar surface area (TPSA) is 90.4 Å². The number of H-pyrrole nitrogens is 1. The summed E-state index contributed by atoms with van der Waals surface area (Å²) in [5, 5.41) is 2.96. The summed E-state index contributed by atoms with van der Waals surface area (Å²) in [6, 6.07) is 13.9. The minimum absolute atomic E-state index is 0.178. The molecule has 0 unspecified atom stereocenters. The molecule has 134 valence electrons. The average molecular weight is 354 g/mol. The molecule has 3 rings (SSSR count). The summed E-state index contributed by atoms with van der Waals surface area (Å²) in [5.74, 6) is 0.164. The van der Waals surface area contributed by atoms with Gasteiger partial charge in [-0.25, -0.2) is 4.68 Å². The van der Waals surface area contributed by atoms with Gasteiger partial charge in [0.05, 0.1) is 24.5 Å². The maximum Gasteiger partial charge on any atom is 0.327 e. The second kappa shape index (κ2) is 7.69. The molecule has 0 atom stereocenters. The fourth-order valence-electron chi connectivity index (χ4n) is 2.61. The van der Waals surface area contributed by atoms with Crippen LogP contribution in [-0.4, -0.2) is 29.5 Å². The lowest BCUT2D eigenvalue weighted by Crippen LogP contribution is -2.33. The maximum atomic E-state index is 12.3. The Morgan fingerprint density at radius 2 is 1.73 bits per heavy atom. The van der Waals surface area contributed by atoms with E-state index in [4.69, 9.17) is 9.47 Å². The highest BCUT2D eigenvalue weighted by molar-refractivity contribution is 5.80. The van der Waals surface area contributed by atoms with Crippen molar-refractivity contribution in [1.82, 2.24) is 9.78 Å². The third-order valence-electron chi connectivity index (χ3n) is 3.98. The van der Waals surface area contributed by atoms with Gasteiger partial charge in [-0.05, 0) is 29.8 Å². The summed E-state index contributed by atoms with van der Waals surface area (Å²) < 4.78 is 11.2. The smallest absolute Gasteiger partial charge is 0.327 e. The molecule has 0 fully saturated rings. The summed E-state index contributed by atoms with van der Waals surface area (Å²) in [6.07, 6.45) is 0.541. The number of aromatic nitrogens is 2. The first kappa shape index (κ1) is 17.5. The van der Waals surface area contributed by atoms with Crippen molar-refractivity contribution in [2.45, 2.75) is 13.0 Å². The van der Waals surface area contributed by atoms with Crippen LogP contribution in [0, 0.1) is 0 Å². The van der Waals surface area contributed by atoms with Gasteiger partial charge in [-0.3, -0.25) is 19.5 Å². The molecule has 1 heterocycles. The molecule has 1 aromatic heterocycles. The molecule has 0 amide bonds. The Morgan fingerprint density at radius 1 is 1.04 bits per heavy atom. The Bertz CT molecular complexity index is 1030. The van der Waals surface area contributed by atoms with Gasteiger partial charge in [-0.15, -0.1) is 0 Å². The van der Waals surface area contributed by atoms with E-state index >= 15 is 0 Å². The van der Waals surface area contributed by atoms with Crippen molar-refractivity contribution in [1.29, 1.82) is 0 Å². The van der Waals surface area contributed by atoms with Crippen molar-refractivity contribution in [2.75, 3.05) is 13.7 Å². The van der Waals surface area contributed by atoms with E-state index in [0.29, 0.717) is 11.8 Å². The van der Waals surface area contributed by atoms with E-state index in [1.165, 1.54) is 0 Å². The standard InChI is InChI=1S/C19H18N2O5/c1-25-14-8-6-13(7-9-14)10-11-26-17(22)12-21-19(24)16-5-3-2-4-15(16)18(23)20-21/h2-9H,10-12H2,1H3,(H,20,23). The van der Waals surface area contributed by atoms with Crippen molar-refractivity contribution in [2.24, 2.45) is 0 Å². The molecule has 0 saturated carbocycles. The molecule has 0 bridgehead atoms. The minimum Gasteiger partial charge on any atom is -0.497 e. The molecule has 0 aliphatic rings. The van der Waals surface area contributed by atoms with Crippen LogP contribution in [0.4, 0.5) is 0 Å². The SMILES string of the molecule is COc1ccc(CCOC(=O)Cn2[nH]c(=O)c3ccccc3c2=O)cc1. The Labute approximate surface area is 148 Å². The Kier molecular flexibility index (Phi) is 5.17. The van der Waals surface area contributed by atoms with Gasteiger partial charge in [0.1, 0.15) is 12.3 Å². The Hall–Kier alpha value is -3.35. The monoisotopic (exact) mass is 354 g/mol. The number of hydrogen-bond donors (Lipinski definition) is 1. The molecule has 2 aromatic carbocycles. The lowest BCUT2D eigenvalue weighted by atomic mass is 10.1. The zero-order valence-electron chi connectivity index (χ0n) is 14.2. The minimum atomic E-state index is -0.591. The van der Waals surface area contributed by atoms with Crippen molar-refractivity contribution < 1.29 is 14.3 Å². The van der Waals surface area contributed by atoms with Gasteiger partial charge in [-0.1, -0.05) is 24.3 Å². The second-order valence-corrected chi connectivity index (χ2v) is 5.70. The number of carbonyl (C=O) groups excluding carboxylic acids is 1. The van der Waals surface area contributed by atoms with Crippen LogP contribution in [0.2, 0.25) is 0 Å². The van der Waals surface area contributed by atoms with E-state index in [1.807, 2.05) is 24.3 Å². The van der Waals surface area contributed by atoms with Gasteiger partial charge in [0.2, 0.25) is 0 Å². The molecule has 7 nitrogen and oxygen atoms in total. The van der Waals surface area contributed by atoms with Crippen LogP contribution < -0.4 is 15.9 Å². The zero-order valence-corrected chi connectivity index (χ0v) is 14.2. The van der Waals surface area contributed by atoms with E-state index in [-0.39, 0.29) is 18.5 Å². The summed E-state index contributed by atoms with van der Waals surface area (Å²) >= 11 is 0. The maximum absolute atomic E-state index is 12.3. The normalized spacial score (nSPS) is 10.7. The summed E-state index contributed by atoms with van der Waals surface area (Å²) in [5.41, 5.74) is 0.133. The molecule has 7 heteroatoms. The number of fused-ring (bicyclic) bond motifs is 1. The van der Waals surface area contributed by atoms with Gasteiger partial charge in [-0.2, -0.15) is 0 Å². The third-order valence-corrected chi connectivity index (χ3v) is 3.98. The van der Waals surface area contributed by atoms with E-state index in [0.717, 1.165) is 16.0 Å². The fourth-order valence-corrected chi connectivity index (χ4v) is 2.61. The highest BCUT2D eigenvalue weighted by atomic mass is 16.5. The van der Waals surface area contributed by atoms with Gasteiger partial charge in [0, 0.05) is 6.42 Å². The zero-order chi connectivity index (χ0) is 18.5. The van der Waals surface area contributed by atoms with E-state index in [1.54, 1.807) is 31.4 Å². The van der Waals surface area contributed by atoms with E-state index in [2.05, 4.69) is 5.10 Å². The molecule has 3 aromatic rings. The van der Waals surface area contributed by atoms with Crippen LogP contribution in [0.15, 0.2) is 58.1 Å². The van der Waals surface area contributed by atoms with Crippen molar-refractivity contribution >= 4 is 16.7 Å². The van der Waals surface area contributed by atoms with Crippen LogP contribution in [0.5, 0.6) is 5.75 Å². The largest absolute Gasteiger partial charge is 0.497 e. The van der Waals surface area contributed by atoms with Gasteiger partial charge in [0.15, 0.2) is 0 Å². The van der Waals surface area contributed by atoms with Crippen LogP contribution >= 0.6 is 0 Å². The number of benzene rings is 2. The number of aromatic amines is 1. The van der Waals surface area contributed by atoms with Crippen LogP contribution in [-0.2, 0) is 22.5 Å². The fraction of sp³-hybridized carbons (Fsp3) is 0.211. The van der Waals surface area contributed by atoms with Crippen molar-refractivity contribution in [3.8, 4) is 5.75 Å². The third kappa shape index (κ3) is 3.83. The number of rotatable bonds is 6. The predicted octanol–water partition coefficient (Wildman–Crippen LogP) is 1.48.